The van der Waals surface area contributed by atoms with Crippen molar-refractivity contribution in [3.63, 3.8) is 0 Å². The maximum Gasteiger partial charge on any atom is 0.126 e. The molecule has 1 N–H and O–H groups in total. The van der Waals surface area contributed by atoms with Crippen LogP contribution in [0, 0.1) is 6.92 Å². The van der Waals surface area contributed by atoms with Gasteiger partial charge in [-0.05, 0) is 56.0 Å². The van der Waals surface area contributed by atoms with Gasteiger partial charge in [0, 0.05) is 17.8 Å². The summed E-state index contributed by atoms with van der Waals surface area (Å²) in [5, 5.41) is 4.73. The molecule has 2 aromatic carbocycles. The maximum absolute atomic E-state index is 5.00. The predicted molar refractivity (Wildman–Crippen MR) is 128 cm³/mol. The largest absolute Gasteiger partial charge is 0.364 e. The summed E-state index contributed by atoms with van der Waals surface area (Å²) in [6.07, 6.45) is 3.98. The highest BCUT2D eigenvalue weighted by molar-refractivity contribution is 7.15. The minimum atomic E-state index is 0.183. The summed E-state index contributed by atoms with van der Waals surface area (Å²) in [5.41, 5.74) is 5.89. The molecule has 0 spiro atoms. The van der Waals surface area contributed by atoms with E-state index in [4.69, 9.17) is 4.98 Å². The van der Waals surface area contributed by atoms with Crippen molar-refractivity contribution in [2.24, 2.45) is 0 Å². The molecule has 0 aliphatic carbocycles. The normalized spacial score (nSPS) is 12.0. The third kappa shape index (κ3) is 4.60. The Hall–Kier alpha value is -2.98. The van der Waals surface area contributed by atoms with E-state index < -0.39 is 0 Å². The van der Waals surface area contributed by atoms with Crippen LogP contribution in [-0.4, -0.2) is 9.97 Å². The number of aryl methyl sites for hydroxylation is 2. The van der Waals surface area contributed by atoms with Crippen LogP contribution < -0.4 is 5.32 Å². The SMILES string of the molecule is CCCc1nc(-c2cccc(C)c2)c(-c2ccnc(N[C@H](C)c3ccccc3)c2)s1. The van der Waals surface area contributed by atoms with Gasteiger partial charge < -0.3 is 5.32 Å². The first kappa shape index (κ1) is 20.3. The van der Waals surface area contributed by atoms with Crippen molar-refractivity contribution < 1.29 is 0 Å². The van der Waals surface area contributed by atoms with Crippen LogP contribution in [0.4, 0.5) is 5.82 Å². The minimum absolute atomic E-state index is 0.183. The Kier molecular flexibility index (Phi) is 6.24. The Labute approximate surface area is 182 Å². The van der Waals surface area contributed by atoms with Gasteiger partial charge in [-0.15, -0.1) is 11.3 Å². The Bertz CT molecular complexity index is 1120. The summed E-state index contributed by atoms with van der Waals surface area (Å²) in [4.78, 5) is 10.8. The number of nitrogens with one attached hydrogen (secondary N) is 1. The Balaban J connectivity index is 1.69. The van der Waals surface area contributed by atoms with Gasteiger partial charge in [0.1, 0.15) is 5.82 Å². The van der Waals surface area contributed by atoms with Gasteiger partial charge in [-0.2, -0.15) is 0 Å². The van der Waals surface area contributed by atoms with Crippen molar-refractivity contribution in [3.05, 3.63) is 89.1 Å². The van der Waals surface area contributed by atoms with E-state index in [0.29, 0.717) is 0 Å². The Morgan fingerprint density at radius 2 is 1.80 bits per heavy atom. The zero-order valence-electron chi connectivity index (χ0n) is 17.7. The van der Waals surface area contributed by atoms with Crippen LogP contribution in [-0.2, 0) is 6.42 Å². The van der Waals surface area contributed by atoms with Gasteiger partial charge in [0.05, 0.1) is 15.6 Å². The molecule has 0 aliphatic rings. The molecule has 0 fully saturated rings. The van der Waals surface area contributed by atoms with Crippen LogP contribution in [0.1, 0.15) is 42.4 Å². The molecule has 2 heterocycles. The molecule has 4 aromatic rings. The summed E-state index contributed by atoms with van der Waals surface area (Å²) in [7, 11) is 0. The van der Waals surface area contributed by atoms with Crippen molar-refractivity contribution in [1.82, 2.24) is 9.97 Å². The van der Waals surface area contributed by atoms with Gasteiger partial charge in [0.2, 0.25) is 0 Å². The molecule has 0 saturated heterocycles. The quantitative estimate of drug-likeness (QED) is 0.345. The number of anilines is 1. The van der Waals surface area contributed by atoms with Crippen LogP contribution in [0.15, 0.2) is 72.9 Å². The highest BCUT2D eigenvalue weighted by atomic mass is 32.1. The fourth-order valence-electron chi connectivity index (χ4n) is 3.57. The molecule has 152 valence electrons. The van der Waals surface area contributed by atoms with Gasteiger partial charge in [-0.1, -0.05) is 61.0 Å². The molecular weight excluding hydrogens is 386 g/mol. The van der Waals surface area contributed by atoms with E-state index in [2.05, 4.69) is 91.7 Å². The lowest BCUT2D eigenvalue weighted by Gasteiger charge is -2.15. The van der Waals surface area contributed by atoms with Gasteiger partial charge in [-0.25, -0.2) is 9.97 Å². The molecule has 30 heavy (non-hydrogen) atoms. The lowest BCUT2D eigenvalue weighted by atomic mass is 10.1. The highest BCUT2D eigenvalue weighted by Crippen LogP contribution is 2.38. The van der Waals surface area contributed by atoms with Crippen LogP contribution >= 0.6 is 11.3 Å². The number of hydrogen-bond acceptors (Lipinski definition) is 4. The first-order valence-electron chi connectivity index (χ1n) is 10.5. The van der Waals surface area contributed by atoms with E-state index in [1.165, 1.54) is 26.6 Å². The number of pyridine rings is 1. The predicted octanol–water partition coefficient (Wildman–Crippen LogP) is 7.31. The number of rotatable bonds is 7. The standard InChI is InChI=1S/C26H27N3S/c1-4-9-24-29-25(21-13-8-10-18(2)16-21)26(30-24)22-14-15-27-23(17-22)28-19(3)20-11-6-5-7-12-20/h5-8,10-17,19H,4,9H2,1-3H3,(H,27,28)/t19-/m1/s1. The first-order valence-corrected chi connectivity index (χ1v) is 11.3. The first-order chi connectivity index (χ1) is 14.6. The molecule has 2 aromatic heterocycles. The monoisotopic (exact) mass is 413 g/mol. The molecule has 0 aliphatic heterocycles. The number of aromatic nitrogens is 2. The number of hydrogen-bond donors (Lipinski definition) is 1. The lowest BCUT2D eigenvalue weighted by molar-refractivity contribution is 0.875. The van der Waals surface area contributed by atoms with Crippen molar-refractivity contribution in [3.8, 4) is 21.7 Å². The lowest BCUT2D eigenvalue weighted by Crippen LogP contribution is -2.07. The zero-order chi connectivity index (χ0) is 20.9. The number of thiazole rings is 1. The minimum Gasteiger partial charge on any atom is -0.364 e. The summed E-state index contributed by atoms with van der Waals surface area (Å²) in [6, 6.07) is 23.5. The summed E-state index contributed by atoms with van der Waals surface area (Å²) >= 11 is 1.80. The average molecular weight is 414 g/mol. The summed E-state index contributed by atoms with van der Waals surface area (Å²) in [6.45, 7) is 6.49. The Morgan fingerprint density at radius 1 is 0.967 bits per heavy atom. The van der Waals surface area contributed by atoms with Crippen molar-refractivity contribution in [1.29, 1.82) is 0 Å². The highest BCUT2D eigenvalue weighted by Gasteiger charge is 2.16. The van der Waals surface area contributed by atoms with E-state index in [1.807, 2.05) is 12.3 Å². The van der Waals surface area contributed by atoms with Gasteiger partial charge in [-0.3, -0.25) is 0 Å². The van der Waals surface area contributed by atoms with Crippen molar-refractivity contribution in [2.45, 2.75) is 39.7 Å². The molecule has 0 saturated carbocycles. The number of nitrogens with zero attached hydrogens (tertiary/aromatic N) is 2. The van der Waals surface area contributed by atoms with Crippen LogP contribution in [0.5, 0.6) is 0 Å². The summed E-state index contributed by atoms with van der Waals surface area (Å²) in [5.74, 6) is 0.879. The third-order valence-corrected chi connectivity index (χ3v) is 6.28. The average Bonchev–Trinajstić information content (AvgIpc) is 3.19. The van der Waals surface area contributed by atoms with E-state index >= 15 is 0 Å². The van der Waals surface area contributed by atoms with Gasteiger partial charge in [0.15, 0.2) is 0 Å². The third-order valence-electron chi connectivity index (χ3n) is 5.11. The molecule has 0 amide bonds. The molecule has 0 radical (unpaired) electrons. The van der Waals surface area contributed by atoms with E-state index in [1.54, 1.807) is 11.3 Å². The zero-order valence-corrected chi connectivity index (χ0v) is 18.5. The van der Waals surface area contributed by atoms with E-state index in [9.17, 15) is 0 Å². The van der Waals surface area contributed by atoms with Gasteiger partial charge in [0.25, 0.3) is 0 Å². The van der Waals surface area contributed by atoms with Gasteiger partial charge >= 0.3 is 0 Å². The second-order valence-corrected chi connectivity index (χ2v) is 8.69. The van der Waals surface area contributed by atoms with Crippen LogP contribution in [0.3, 0.4) is 0 Å². The second-order valence-electron chi connectivity index (χ2n) is 7.61. The molecular formula is C26H27N3S. The maximum atomic E-state index is 5.00. The Morgan fingerprint density at radius 3 is 2.57 bits per heavy atom. The smallest absolute Gasteiger partial charge is 0.126 e. The van der Waals surface area contributed by atoms with Crippen LogP contribution in [0.2, 0.25) is 0 Å². The fourth-order valence-corrected chi connectivity index (χ4v) is 4.75. The van der Waals surface area contributed by atoms with Crippen LogP contribution in [0.25, 0.3) is 21.7 Å². The van der Waals surface area contributed by atoms with E-state index in [0.717, 1.165) is 29.9 Å². The topological polar surface area (TPSA) is 37.8 Å². The molecule has 1 atom stereocenters. The van der Waals surface area contributed by atoms with E-state index in [-0.39, 0.29) is 6.04 Å². The molecule has 0 unspecified atom stereocenters. The molecule has 0 bridgehead atoms. The van der Waals surface area contributed by atoms with Crippen molar-refractivity contribution in [2.75, 3.05) is 5.32 Å². The fraction of sp³-hybridized carbons (Fsp3) is 0.231. The molecule has 3 nitrogen and oxygen atoms in total. The number of benzene rings is 2. The second kappa shape index (κ2) is 9.23. The molecule has 4 rings (SSSR count). The summed E-state index contributed by atoms with van der Waals surface area (Å²) < 4.78 is 0. The molecule has 4 heteroatoms. The van der Waals surface area contributed by atoms with Crippen molar-refractivity contribution >= 4 is 17.2 Å².